The van der Waals surface area contributed by atoms with E-state index in [1.807, 2.05) is 6.07 Å². The summed E-state index contributed by atoms with van der Waals surface area (Å²) in [6.07, 6.45) is 0. The minimum Gasteiger partial charge on any atom is -0.507 e. The molecule has 0 aliphatic carbocycles. The summed E-state index contributed by atoms with van der Waals surface area (Å²) in [4.78, 5) is 12.0. The maximum Gasteiger partial charge on any atom is 0.298 e. The maximum absolute atomic E-state index is 12.6. The topological polar surface area (TPSA) is 101 Å². The van der Waals surface area contributed by atoms with Gasteiger partial charge in [0.2, 0.25) is 0 Å². The van der Waals surface area contributed by atoms with E-state index in [4.69, 9.17) is 4.74 Å². The number of carbonyl (C=O) groups excluding carboxylic acids is 1. The van der Waals surface area contributed by atoms with E-state index in [9.17, 15) is 22.9 Å². The lowest BCUT2D eigenvalue weighted by Gasteiger charge is -2.13. The highest BCUT2D eigenvalue weighted by molar-refractivity contribution is 7.86. The van der Waals surface area contributed by atoms with E-state index >= 15 is 0 Å². The molecule has 0 saturated heterocycles. The molecule has 0 radical (unpaired) electrons. The third kappa shape index (κ3) is 4.33. The number of benzene rings is 3. The number of ether oxygens (including phenoxy) is 1. The number of rotatable bonds is 6. The molecule has 138 valence electrons. The zero-order chi connectivity index (χ0) is 19.4. The Hall–Kier alpha value is -3.16. The number of ketones is 1. The zero-order valence-corrected chi connectivity index (χ0v) is 14.9. The summed E-state index contributed by atoms with van der Waals surface area (Å²) in [6.45, 7) is 0.0226. The van der Waals surface area contributed by atoms with Crippen molar-refractivity contribution in [3.8, 4) is 11.5 Å². The number of aromatic hydroxyl groups is 1. The van der Waals surface area contributed by atoms with Gasteiger partial charge in [-0.25, -0.2) is 0 Å². The lowest BCUT2D eigenvalue weighted by Crippen LogP contribution is -2.08. The van der Waals surface area contributed by atoms with Gasteiger partial charge >= 0.3 is 0 Å². The molecule has 0 aliphatic rings. The SMILES string of the molecule is O=C(c1ccccc1)c1cc(S(=O)(=O)O)c(OCc2ccccc2)cc1O. The number of hydrogen-bond donors (Lipinski definition) is 2. The fraction of sp³-hybridized carbons (Fsp3) is 0.0500. The largest absolute Gasteiger partial charge is 0.507 e. The fourth-order valence-electron chi connectivity index (χ4n) is 2.53. The molecule has 0 atom stereocenters. The molecular formula is C20H16O6S. The molecule has 0 aliphatic heterocycles. The molecule has 0 unspecified atom stereocenters. The summed E-state index contributed by atoms with van der Waals surface area (Å²) in [5.74, 6) is -1.27. The van der Waals surface area contributed by atoms with Crippen molar-refractivity contribution < 1.29 is 27.6 Å². The minimum absolute atomic E-state index is 0.0226. The Labute approximate surface area is 156 Å². The van der Waals surface area contributed by atoms with Gasteiger partial charge in [0.1, 0.15) is 23.0 Å². The van der Waals surface area contributed by atoms with Crippen LogP contribution in [0.5, 0.6) is 11.5 Å². The smallest absolute Gasteiger partial charge is 0.298 e. The molecule has 0 heterocycles. The molecular weight excluding hydrogens is 368 g/mol. The molecule has 3 aromatic carbocycles. The van der Waals surface area contributed by atoms with Gasteiger partial charge in [0.15, 0.2) is 5.78 Å². The number of phenolic OH excluding ortho intramolecular Hbond substituents is 1. The number of phenols is 1. The Morgan fingerprint density at radius 2 is 1.52 bits per heavy atom. The summed E-state index contributed by atoms with van der Waals surface area (Å²) < 4.78 is 38.5. The Kier molecular flexibility index (Phi) is 5.25. The summed E-state index contributed by atoms with van der Waals surface area (Å²) >= 11 is 0. The van der Waals surface area contributed by atoms with Crippen molar-refractivity contribution in [2.45, 2.75) is 11.5 Å². The molecule has 6 nitrogen and oxygen atoms in total. The number of carbonyl (C=O) groups is 1. The molecule has 3 rings (SSSR count). The average molecular weight is 384 g/mol. The van der Waals surface area contributed by atoms with E-state index in [0.29, 0.717) is 0 Å². The molecule has 0 spiro atoms. The van der Waals surface area contributed by atoms with Crippen molar-refractivity contribution in [1.82, 2.24) is 0 Å². The second-order valence-electron chi connectivity index (χ2n) is 5.76. The standard InChI is InChI=1S/C20H16O6S/c21-17-12-18(26-13-14-7-3-1-4-8-14)19(27(23,24)25)11-16(17)20(22)15-9-5-2-6-10-15/h1-12,21H,13H2,(H,23,24,25). The fourth-order valence-corrected chi connectivity index (χ4v) is 3.16. The van der Waals surface area contributed by atoms with Crippen molar-refractivity contribution in [1.29, 1.82) is 0 Å². The van der Waals surface area contributed by atoms with E-state index in [1.165, 1.54) is 12.1 Å². The van der Waals surface area contributed by atoms with Gasteiger partial charge in [-0.15, -0.1) is 0 Å². The van der Waals surface area contributed by atoms with Gasteiger partial charge in [-0.1, -0.05) is 60.7 Å². The normalized spacial score (nSPS) is 11.1. The second kappa shape index (κ2) is 7.61. The molecule has 7 heteroatoms. The zero-order valence-electron chi connectivity index (χ0n) is 14.1. The van der Waals surface area contributed by atoms with E-state index in [0.717, 1.165) is 17.7 Å². The predicted octanol–water partition coefficient (Wildman–Crippen LogP) is 3.45. The molecule has 2 N–H and O–H groups in total. The molecule has 0 amide bonds. The van der Waals surface area contributed by atoms with Crippen LogP contribution in [0.1, 0.15) is 21.5 Å². The molecule has 3 aromatic rings. The Morgan fingerprint density at radius 1 is 0.926 bits per heavy atom. The minimum atomic E-state index is -4.68. The first-order valence-electron chi connectivity index (χ1n) is 7.97. The molecule has 27 heavy (non-hydrogen) atoms. The van der Waals surface area contributed by atoms with E-state index in [2.05, 4.69) is 0 Å². The van der Waals surface area contributed by atoms with Crippen molar-refractivity contribution in [3.63, 3.8) is 0 Å². The molecule has 0 bridgehead atoms. The highest BCUT2D eigenvalue weighted by atomic mass is 32.2. The Bertz CT molecular complexity index is 1060. The van der Waals surface area contributed by atoms with Crippen molar-refractivity contribution >= 4 is 15.9 Å². The van der Waals surface area contributed by atoms with Crippen LogP contribution in [0.25, 0.3) is 0 Å². The van der Waals surface area contributed by atoms with Crippen LogP contribution in [0.15, 0.2) is 77.7 Å². The maximum atomic E-state index is 12.6. The first kappa shape index (κ1) is 18.6. The lowest BCUT2D eigenvalue weighted by molar-refractivity contribution is 0.103. The average Bonchev–Trinajstić information content (AvgIpc) is 2.66. The van der Waals surface area contributed by atoms with Crippen LogP contribution in [0.2, 0.25) is 0 Å². The van der Waals surface area contributed by atoms with Gasteiger partial charge in [-0.2, -0.15) is 8.42 Å². The molecule has 0 fully saturated rings. The van der Waals surface area contributed by atoms with Gasteiger partial charge in [0.05, 0.1) is 5.56 Å². The highest BCUT2D eigenvalue weighted by Crippen LogP contribution is 2.33. The summed E-state index contributed by atoms with van der Waals surface area (Å²) in [5.41, 5.74) is 0.788. The van der Waals surface area contributed by atoms with Gasteiger partial charge in [-0.05, 0) is 11.6 Å². The summed E-state index contributed by atoms with van der Waals surface area (Å²) in [5, 5.41) is 10.2. The van der Waals surface area contributed by atoms with Crippen molar-refractivity contribution in [2.24, 2.45) is 0 Å². The van der Waals surface area contributed by atoms with Crippen LogP contribution in [-0.4, -0.2) is 23.9 Å². The lowest BCUT2D eigenvalue weighted by atomic mass is 10.0. The monoisotopic (exact) mass is 384 g/mol. The van der Waals surface area contributed by atoms with Crippen LogP contribution in [0.3, 0.4) is 0 Å². The third-order valence-corrected chi connectivity index (χ3v) is 4.73. The van der Waals surface area contributed by atoms with Crippen molar-refractivity contribution in [2.75, 3.05) is 0 Å². The van der Waals surface area contributed by atoms with Crippen molar-refractivity contribution in [3.05, 3.63) is 89.5 Å². The van der Waals surface area contributed by atoms with Crippen LogP contribution in [0, 0.1) is 0 Å². The first-order chi connectivity index (χ1) is 12.9. The Morgan fingerprint density at radius 3 is 2.11 bits per heavy atom. The van der Waals surface area contributed by atoms with E-state index < -0.39 is 26.5 Å². The molecule has 0 saturated carbocycles. The quantitative estimate of drug-likeness (QED) is 0.499. The van der Waals surface area contributed by atoms with Gasteiger partial charge < -0.3 is 9.84 Å². The predicted molar refractivity (Wildman–Crippen MR) is 98.6 cm³/mol. The Balaban J connectivity index is 2.00. The second-order valence-corrected chi connectivity index (χ2v) is 7.15. The first-order valence-corrected chi connectivity index (χ1v) is 9.41. The summed E-state index contributed by atoms with van der Waals surface area (Å²) in [6, 6.07) is 19.0. The van der Waals surface area contributed by atoms with Crippen LogP contribution in [0.4, 0.5) is 0 Å². The number of hydrogen-bond acceptors (Lipinski definition) is 5. The van der Waals surface area contributed by atoms with Crippen LogP contribution >= 0.6 is 0 Å². The molecule has 0 aromatic heterocycles. The van der Waals surface area contributed by atoms with Crippen LogP contribution in [-0.2, 0) is 16.7 Å². The highest BCUT2D eigenvalue weighted by Gasteiger charge is 2.24. The van der Waals surface area contributed by atoms with E-state index in [-0.39, 0.29) is 23.5 Å². The third-order valence-electron chi connectivity index (χ3n) is 3.86. The van der Waals surface area contributed by atoms with Gasteiger partial charge in [0, 0.05) is 11.6 Å². The summed E-state index contributed by atoms with van der Waals surface area (Å²) in [7, 11) is -4.68. The van der Waals surface area contributed by atoms with Gasteiger partial charge in [0.25, 0.3) is 10.1 Å². The van der Waals surface area contributed by atoms with Gasteiger partial charge in [-0.3, -0.25) is 9.35 Å². The van der Waals surface area contributed by atoms with Crippen LogP contribution < -0.4 is 4.74 Å². The van der Waals surface area contributed by atoms with E-state index in [1.54, 1.807) is 42.5 Å².